The minimum absolute atomic E-state index is 0.196. The monoisotopic (exact) mass is 539 g/mol. The normalized spacial score (nSPS) is 11.6. The number of nitrogens with one attached hydrogen (secondary N) is 1. The smallest absolute Gasteiger partial charge is 0.328 e. The summed E-state index contributed by atoms with van der Waals surface area (Å²) < 4.78 is 12.6. The van der Waals surface area contributed by atoms with E-state index < -0.39 is 17.9 Å². The van der Waals surface area contributed by atoms with Crippen LogP contribution in [0.15, 0.2) is 103 Å². The molecule has 0 aliphatic carbocycles. The van der Waals surface area contributed by atoms with Gasteiger partial charge in [0.25, 0.3) is 5.91 Å². The van der Waals surface area contributed by atoms with E-state index >= 15 is 0 Å². The van der Waals surface area contributed by atoms with Crippen LogP contribution >= 0.6 is 11.6 Å². The van der Waals surface area contributed by atoms with Crippen molar-refractivity contribution in [2.24, 2.45) is 0 Å². The zero-order valence-corrected chi connectivity index (χ0v) is 22.0. The molecule has 5 rings (SSSR count). The van der Waals surface area contributed by atoms with Gasteiger partial charge in [-0.1, -0.05) is 66.2 Å². The lowest BCUT2D eigenvalue weighted by atomic mass is 10.1. The number of benzene rings is 3. The fourth-order valence-corrected chi connectivity index (χ4v) is 4.31. The maximum absolute atomic E-state index is 13.1. The lowest BCUT2D eigenvalue weighted by Gasteiger charge is -2.16. The average molecular weight is 540 g/mol. The number of hydrogen-bond donors (Lipinski definition) is 1. The van der Waals surface area contributed by atoms with E-state index in [1.807, 2.05) is 97.2 Å². The topological polar surface area (TPSA) is 81.9 Å². The van der Waals surface area contributed by atoms with Gasteiger partial charge in [0.15, 0.2) is 0 Å². The quantitative estimate of drug-likeness (QED) is 0.241. The first-order valence-electron chi connectivity index (χ1n) is 12.4. The molecular formula is C31H26ClN3O4. The molecule has 0 radical (unpaired) electrons. The SMILES string of the molecule is COC(=O)C(Cc1ccc(OCc2ccccc2)cc1)NC(=O)c1cn2cc(-c3ccc(Cl)cc3)ccc2n1. The number of pyridine rings is 1. The van der Waals surface area contributed by atoms with Gasteiger partial charge in [0.1, 0.15) is 29.7 Å². The summed E-state index contributed by atoms with van der Waals surface area (Å²) in [6, 6.07) is 27.7. The second kappa shape index (κ2) is 11.8. The number of esters is 1. The fourth-order valence-electron chi connectivity index (χ4n) is 4.18. The number of ether oxygens (including phenoxy) is 2. The second-order valence-corrected chi connectivity index (χ2v) is 9.42. The summed E-state index contributed by atoms with van der Waals surface area (Å²) >= 11 is 6.00. The first-order valence-corrected chi connectivity index (χ1v) is 12.8. The minimum Gasteiger partial charge on any atom is -0.489 e. The van der Waals surface area contributed by atoms with Crippen molar-refractivity contribution in [1.82, 2.24) is 14.7 Å². The van der Waals surface area contributed by atoms with E-state index in [1.54, 1.807) is 10.6 Å². The molecule has 2 aromatic heterocycles. The van der Waals surface area contributed by atoms with Crippen LogP contribution in [0.5, 0.6) is 5.75 Å². The van der Waals surface area contributed by atoms with Crippen molar-refractivity contribution in [1.29, 1.82) is 0 Å². The predicted octanol–water partition coefficient (Wildman–Crippen LogP) is 5.75. The van der Waals surface area contributed by atoms with Gasteiger partial charge < -0.3 is 19.2 Å². The standard InChI is InChI=1S/C31H26ClN3O4/c1-38-31(37)27(17-21-7-14-26(15-8-21)39-20-22-5-3-2-4-6-22)34-30(36)28-19-35-18-24(11-16-29(35)33-28)23-9-12-25(32)13-10-23/h2-16,18-19,27H,17,20H2,1H3,(H,34,36). The molecule has 1 amide bonds. The van der Waals surface area contributed by atoms with E-state index in [9.17, 15) is 9.59 Å². The highest BCUT2D eigenvalue weighted by Gasteiger charge is 2.24. The van der Waals surface area contributed by atoms with Crippen LogP contribution < -0.4 is 10.1 Å². The van der Waals surface area contributed by atoms with Crippen molar-refractivity contribution < 1.29 is 19.1 Å². The molecule has 0 fully saturated rings. The van der Waals surface area contributed by atoms with Crippen molar-refractivity contribution in [3.05, 3.63) is 125 Å². The molecule has 0 saturated heterocycles. The maximum atomic E-state index is 13.1. The van der Waals surface area contributed by atoms with Gasteiger partial charge in [0.05, 0.1) is 7.11 Å². The summed E-state index contributed by atoms with van der Waals surface area (Å²) in [5, 5.41) is 3.43. The Morgan fingerprint density at radius 3 is 2.31 bits per heavy atom. The molecule has 0 aliphatic rings. The van der Waals surface area contributed by atoms with Crippen LogP contribution in [0.3, 0.4) is 0 Å². The highest BCUT2D eigenvalue weighted by atomic mass is 35.5. The second-order valence-electron chi connectivity index (χ2n) is 8.99. The Bertz CT molecular complexity index is 1580. The Balaban J connectivity index is 1.26. The summed E-state index contributed by atoms with van der Waals surface area (Å²) in [5.74, 6) is -0.296. The first-order chi connectivity index (χ1) is 19.0. The van der Waals surface area contributed by atoms with Gasteiger partial charge in [-0.2, -0.15) is 0 Å². The van der Waals surface area contributed by atoms with Crippen molar-refractivity contribution in [2.75, 3.05) is 7.11 Å². The number of halogens is 1. The average Bonchev–Trinajstić information content (AvgIpc) is 3.41. The number of hydrogen-bond acceptors (Lipinski definition) is 5. The number of methoxy groups -OCH3 is 1. The molecule has 7 nitrogen and oxygen atoms in total. The van der Waals surface area contributed by atoms with E-state index in [2.05, 4.69) is 10.3 Å². The number of nitrogens with zero attached hydrogens (tertiary/aromatic N) is 2. The Morgan fingerprint density at radius 1 is 0.872 bits per heavy atom. The van der Waals surface area contributed by atoms with Crippen molar-refractivity contribution in [3.8, 4) is 16.9 Å². The van der Waals surface area contributed by atoms with Gasteiger partial charge >= 0.3 is 5.97 Å². The predicted molar refractivity (Wildman–Crippen MR) is 150 cm³/mol. The van der Waals surface area contributed by atoms with Crippen molar-refractivity contribution >= 4 is 29.1 Å². The maximum Gasteiger partial charge on any atom is 0.328 e. The van der Waals surface area contributed by atoms with Crippen LogP contribution in [0, 0.1) is 0 Å². The summed E-state index contributed by atoms with van der Waals surface area (Å²) in [7, 11) is 1.30. The Kier molecular flexibility index (Phi) is 7.89. The third-order valence-electron chi connectivity index (χ3n) is 6.26. The van der Waals surface area contributed by atoms with E-state index in [0.717, 1.165) is 22.3 Å². The van der Waals surface area contributed by atoms with Gasteiger partial charge in [-0.05, 0) is 58.7 Å². The molecule has 196 valence electrons. The fraction of sp³-hybridized carbons (Fsp3) is 0.129. The Hall–Kier alpha value is -4.62. The number of fused-ring (bicyclic) bond motifs is 1. The summed E-state index contributed by atoms with van der Waals surface area (Å²) in [4.78, 5) is 30.0. The highest BCUT2D eigenvalue weighted by Crippen LogP contribution is 2.22. The van der Waals surface area contributed by atoms with Gasteiger partial charge in [-0.15, -0.1) is 0 Å². The minimum atomic E-state index is -0.881. The van der Waals surface area contributed by atoms with E-state index in [4.69, 9.17) is 21.1 Å². The van der Waals surface area contributed by atoms with Crippen molar-refractivity contribution in [3.63, 3.8) is 0 Å². The molecule has 1 atom stereocenters. The molecule has 0 saturated carbocycles. The van der Waals surface area contributed by atoms with Crippen LogP contribution in [-0.2, 0) is 22.6 Å². The molecule has 1 unspecified atom stereocenters. The van der Waals surface area contributed by atoms with Crippen LogP contribution in [0.4, 0.5) is 0 Å². The number of rotatable bonds is 9. The van der Waals surface area contributed by atoms with Crippen LogP contribution in [0.2, 0.25) is 5.02 Å². The highest BCUT2D eigenvalue weighted by molar-refractivity contribution is 6.30. The summed E-state index contributed by atoms with van der Waals surface area (Å²) in [6.07, 6.45) is 3.78. The van der Waals surface area contributed by atoms with Gasteiger partial charge in [0.2, 0.25) is 0 Å². The lowest BCUT2D eigenvalue weighted by Crippen LogP contribution is -2.43. The molecule has 39 heavy (non-hydrogen) atoms. The summed E-state index contributed by atoms with van der Waals surface area (Å²) in [5.41, 5.74) is 4.67. The third kappa shape index (κ3) is 6.45. The molecular weight excluding hydrogens is 514 g/mol. The lowest BCUT2D eigenvalue weighted by molar-refractivity contribution is -0.142. The molecule has 1 N–H and O–H groups in total. The van der Waals surface area contributed by atoms with Gasteiger partial charge in [-0.3, -0.25) is 4.79 Å². The molecule has 0 bridgehead atoms. The van der Waals surface area contributed by atoms with Crippen LogP contribution in [-0.4, -0.2) is 34.4 Å². The Labute approximate surface area is 231 Å². The largest absolute Gasteiger partial charge is 0.489 e. The molecule has 2 heterocycles. The molecule has 8 heteroatoms. The van der Waals surface area contributed by atoms with E-state index in [-0.39, 0.29) is 12.1 Å². The zero-order valence-electron chi connectivity index (χ0n) is 21.2. The number of imidazole rings is 1. The number of amides is 1. The molecule has 5 aromatic rings. The molecule has 0 spiro atoms. The number of carbonyl (C=O) groups excluding carboxylic acids is 2. The van der Waals surface area contributed by atoms with Crippen LogP contribution in [0.25, 0.3) is 16.8 Å². The molecule has 3 aromatic carbocycles. The van der Waals surface area contributed by atoms with E-state index in [0.29, 0.717) is 23.0 Å². The molecule has 0 aliphatic heterocycles. The van der Waals surface area contributed by atoms with Crippen LogP contribution in [0.1, 0.15) is 21.6 Å². The van der Waals surface area contributed by atoms with E-state index in [1.165, 1.54) is 7.11 Å². The Morgan fingerprint density at radius 2 is 1.59 bits per heavy atom. The number of aromatic nitrogens is 2. The van der Waals surface area contributed by atoms with Gasteiger partial charge in [-0.25, -0.2) is 9.78 Å². The summed E-state index contributed by atoms with van der Waals surface area (Å²) in [6.45, 7) is 0.460. The first kappa shape index (κ1) is 26.0. The third-order valence-corrected chi connectivity index (χ3v) is 6.52. The van der Waals surface area contributed by atoms with Gasteiger partial charge in [0, 0.05) is 23.8 Å². The zero-order chi connectivity index (χ0) is 27.2. The van der Waals surface area contributed by atoms with Crippen molar-refractivity contribution in [2.45, 2.75) is 19.1 Å². The number of carbonyl (C=O) groups is 2.